The van der Waals surface area contributed by atoms with E-state index in [9.17, 15) is 4.79 Å². The summed E-state index contributed by atoms with van der Waals surface area (Å²) in [5.74, 6) is -0.187. The number of nitrogens with one attached hydrogen (secondary N) is 1. The average Bonchev–Trinajstić information content (AvgIpc) is 2.46. The highest BCUT2D eigenvalue weighted by Crippen LogP contribution is 2.15. The zero-order valence-corrected chi connectivity index (χ0v) is 11.8. The second-order valence-corrected chi connectivity index (χ2v) is 4.67. The van der Waals surface area contributed by atoms with Crippen LogP contribution >= 0.6 is 11.6 Å². The zero-order chi connectivity index (χ0) is 14.4. The summed E-state index contributed by atoms with van der Waals surface area (Å²) in [5.41, 5.74) is 4.00. The summed E-state index contributed by atoms with van der Waals surface area (Å²) < 4.78 is 1.77. The van der Waals surface area contributed by atoms with Crippen LogP contribution in [0.4, 0.5) is 0 Å². The molecule has 0 aliphatic carbocycles. The molecule has 5 heteroatoms. The molecule has 1 heterocycles. The lowest BCUT2D eigenvalue weighted by Crippen LogP contribution is -2.41. The van der Waals surface area contributed by atoms with Crippen molar-refractivity contribution in [1.29, 1.82) is 0 Å². The summed E-state index contributed by atoms with van der Waals surface area (Å²) in [6, 6.07) is 13.0. The molecule has 1 N–H and O–H groups in total. The Kier molecular flexibility index (Phi) is 4.85. The number of pyridine rings is 1. The first kappa shape index (κ1) is 14.2. The number of carbonyl (C=O) groups excluding carboxylic acids is 1. The maximum atomic E-state index is 11.8. The number of nitrogens with zero attached hydrogens (tertiary/aromatic N) is 2. The Hall–Kier alpha value is -2.20. The predicted octanol–water partition coefficient (Wildman–Crippen LogP) is 2.17. The number of carbonyl (C=O) groups is 1. The smallest absolute Gasteiger partial charge is 0.266 e. The van der Waals surface area contributed by atoms with Crippen molar-refractivity contribution in [3.05, 3.63) is 65.4 Å². The molecule has 0 atom stereocenters. The molecule has 1 amide bonds. The molecule has 1 aromatic carbocycles. The van der Waals surface area contributed by atoms with E-state index < -0.39 is 0 Å². The Morgan fingerprint density at radius 2 is 1.90 bits per heavy atom. The molecule has 0 fully saturated rings. The quantitative estimate of drug-likeness (QED) is 0.523. The summed E-state index contributed by atoms with van der Waals surface area (Å²) in [7, 11) is 0. The molecule has 4 nitrogen and oxygen atoms in total. The average molecular weight is 289 g/mol. The van der Waals surface area contributed by atoms with Gasteiger partial charge in [-0.1, -0.05) is 35.9 Å². The van der Waals surface area contributed by atoms with Gasteiger partial charge in [0.25, 0.3) is 0 Å². The van der Waals surface area contributed by atoms with Gasteiger partial charge in [-0.2, -0.15) is 9.67 Å². The molecular formula is C15H15ClN3O+. The third kappa shape index (κ3) is 3.90. The number of rotatable bonds is 4. The first-order valence-electron chi connectivity index (χ1n) is 6.19. The van der Waals surface area contributed by atoms with Gasteiger partial charge in [-0.05, 0) is 13.0 Å². The summed E-state index contributed by atoms with van der Waals surface area (Å²) in [5, 5.41) is 4.68. The number of aromatic nitrogens is 1. The van der Waals surface area contributed by atoms with Crippen molar-refractivity contribution < 1.29 is 9.36 Å². The molecule has 102 valence electrons. The van der Waals surface area contributed by atoms with Crippen molar-refractivity contribution in [3.8, 4) is 0 Å². The molecule has 20 heavy (non-hydrogen) atoms. The van der Waals surface area contributed by atoms with Gasteiger partial charge in [0, 0.05) is 22.7 Å². The minimum atomic E-state index is -0.187. The maximum Gasteiger partial charge on any atom is 0.305 e. The Balaban J connectivity index is 1.99. The van der Waals surface area contributed by atoms with Gasteiger partial charge < -0.3 is 0 Å². The summed E-state index contributed by atoms with van der Waals surface area (Å²) >= 11 is 6.07. The highest BCUT2D eigenvalue weighted by molar-refractivity contribution is 6.34. The molecule has 0 unspecified atom stereocenters. The Bertz CT molecular complexity index is 626. The highest BCUT2D eigenvalue weighted by Gasteiger charge is 2.08. The second-order valence-electron chi connectivity index (χ2n) is 4.26. The fraction of sp³-hybridized carbons (Fsp3) is 0.133. The molecule has 1 aromatic heterocycles. The van der Waals surface area contributed by atoms with Gasteiger partial charge in [0.05, 0.1) is 5.71 Å². The first-order valence-corrected chi connectivity index (χ1v) is 6.57. The third-order valence-electron chi connectivity index (χ3n) is 2.72. The number of amides is 1. The second kappa shape index (κ2) is 6.82. The van der Waals surface area contributed by atoms with Gasteiger partial charge in [-0.3, -0.25) is 4.79 Å². The van der Waals surface area contributed by atoms with Gasteiger partial charge in [0.15, 0.2) is 12.4 Å². The zero-order valence-electron chi connectivity index (χ0n) is 11.1. The highest BCUT2D eigenvalue weighted by atomic mass is 35.5. The maximum absolute atomic E-state index is 11.8. The molecular weight excluding hydrogens is 274 g/mol. The Morgan fingerprint density at radius 3 is 2.60 bits per heavy atom. The van der Waals surface area contributed by atoms with Gasteiger partial charge in [0.2, 0.25) is 6.54 Å². The van der Waals surface area contributed by atoms with E-state index in [1.165, 1.54) is 0 Å². The van der Waals surface area contributed by atoms with Gasteiger partial charge >= 0.3 is 5.91 Å². The topological polar surface area (TPSA) is 45.3 Å². The predicted molar refractivity (Wildman–Crippen MR) is 78.4 cm³/mol. The van der Waals surface area contributed by atoms with Gasteiger partial charge in [-0.25, -0.2) is 5.43 Å². The minimum Gasteiger partial charge on any atom is -0.266 e. The fourth-order valence-electron chi connectivity index (χ4n) is 1.70. The Labute approximate surface area is 122 Å². The summed E-state index contributed by atoms with van der Waals surface area (Å²) in [6.45, 7) is 2.03. The molecule has 2 rings (SSSR count). The van der Waals surface area contributed by atoms with Crippen LogP contribution in [0.25, 0.3) is 0 Å². The van der Waals surface area contributed by atoms with Crippen molar-refractivity contribution in [1.82, 2.24) is 5.43 Å². The third-order valence-corrected chi connectivity index (χ3v) is 3.05. The van der Waals surface area contributed by atoms with Crippen molar-refractivity contribution in [2.24, 2.45) is 5.10 Å². The van der Waals surface area contributed by atoms with E-state index in [1.807, 2.05) is 48.8 Å². The molecule has 0 saturated heterocycles. The number of hydrogen-bond acceptors (Lipinski definition) is 2. The van der Waals surface area contributed by atoms with Crippen molar-refractivity contribution in [2.75, 3.05) is 0 Å². The van der Waals surface area contributed by atoms with Crippen LogP contribution in [0.5, 0.6) is 0 Å². The van der Waals surface area contributed by atoms with E-state index in [4.69, 9.17) is 11.6 Å². The largest absolute Gasteiger partial charge is 0.305 e. The van der Waals surface area contributed by atoms with E-state index in [2.05, 4.69) is 10.5 Å². The van der Waals surface area contributed by atoms with Crippen molar-refractivity contribution in [2.45, 2.75) is 13.5 Å². The molecule has 0 aliphatic rings. The van der Waals surface area contributed by atoms with Crippen LogP contribution in [0.2, 0.25) is 5.02 Å². The lowest BCUT2D eigenvalue weighted by molar-refractivity contribution is -0.684. The van der Waals surface area contributed by atoms with Gasteiger partial charge in [-0.15, -0.1) is 0 Å². The lowest BCUT2D eigenvalue weighted by atomic mass is 10.1. The number of halogens is 1. The summed E-state index contributed by atoms with van der Waals surface area (Å²) in [4.78, 5) is 11.8. The van der Waals surface area contributed by atoms with Crippen LogP contribution in [0.15, 0.2) is 60.0 Å². The lowest BCUT2D eigenvalue weighted by Gasteiger charge is -2.03. The molecule has 0 radical (unpaired) electrons. The number of hydrogen-bond donors (Lipinski definition) is 1. The molecule has 2 aromatic rings. The number of benzene rings is 1. The molecule has 0 saturated carbocycles. The van der Waals surface area contributed by atoms with E-state index >= 15 is 0 Å². The first-order chi connectivity index (χ1) is 9.66. The van der Waals surface area contributed by atoms with E-state index in [-0.39, 0.29) is 12.5 Å². The van der Waals surface area contributed by atoms with E-state index in [1.54, 1.807) is 17.6 Å². The molecule has 0 spiro atoms. The Morgan fingerprint density at radius 1 is 1.20 bits per heavy atom. The summed E-state index contributed by atoms with van der Waals surface area (Å²) in [6.07, 6.45) is 3.65. The van der Waals surface area contributed by atoms with Crippen LogP contribution in [-0.4, -0.2) is 11.6 Å². The van der Waals surface area contributed by atoms with E-state index in [0.717, 1.165) is 5.56 Å². The minimum absolute atomic E-state index is 0.187. The molecule has 0 bridgehead atoms. The van der Waals surface area contributed by atoms with Crippen LogP contribution in [0.1, 0.15) is 12.5 Å². The molecule has 0 aliphatic heterocycles. The van der Waals surface area contributed by atoms with Crippen molar-refractivity contribution in [3.63, 3.8) is 0 Å². The fourth-order valence-corrected chi connectivity index (χ4v) is 1.97. The van der Waals surface area contributed by atoms with Gasteiger partial charge in [0.1, 0.15) is 0 Å². The number of hydrazone groups is 1. The van der Waals surface area contributed by atoms with Crippen molar-refractivity contribution >= 4 is 23.2 Å². The monoisotopic (exact) mass is 288 g/mol. The van der Waals surface area contributed by atoms with E-state index in [0.29, 0.717) is 10.7 Å². The SMILES string of the molecule is C/C(=N\NC(=O)C[n+]1ccccc1)c1ccccc1Cl. The van der Waals surface area contributed by atoms with Crippen LogP contribution in [0.3, 0.4) is 0 Å². The van der Waals surface area contributed by atoms with Crippen LogP contribution < -0.4 is 9.99 Å². The van der Waals surface area contributed by atoms with Crippen LogP contribution in [-0.2, 0) is 11.3 Å². The normalized spacial score (nSPS) is 11.2. The standard InChI is InChI=1S/C15H14ClN3O/c1-12(13-7-3-4-8-14(13)16)17-18-15(20)11-19-9-5-2-6-10-19/h2-10H,11H2,1H3/p+1/b17-12+. The van der Waals surface area contributed by atoms with Crippen LogP contribution in [0, 0.1) is 0 Å².